The fraction of sp³-hybridized carbons (Fsp3) is 0.562. The van der Waals surface area contributed by atoms with E-state index in [1.165, 1.54) is 32.8 Å². The molecule has 0 unspecified atom stereocenters. The predicted octanol–water partition coefficient (Wildman–Crippen LogP) is 2.20. The van der Waals surface area contributed by atoms with Crippen LogP contribution in [-0.2, 0) is 0 Å². The van der Waals surface area contributed by atoms with Crippen molar-refractivity contribution in [3.05, 3.63) is 17.7 Å². The Hall–Kier alpha value is -1.91. The number of ether oxygens (including phenoxy) is 2. The highest BCUT2D eigenvalue weighted by molar-refractivity contribution is 6.01. The van der Waals surface area contributed by atoms with Crippen LogP contribution in [0.15, 0.2) is 12.1 Å². The van der Waals surface area contributed by atoms with Crippen molar-refractivity contribution in [1.29, 1.82) is 0 Å². The van der Waals surface area contributed by atoms with Crippen LogP contribution in [0.3, 0.4) is 0 Å². The summed E-state index contributed by atoms with van der Waals surface area (Å²) in [6.07, 6.45) is 4.88. The summed E-state index contributed by atoms with van der Waals surface area (Å²) in [5, 5.41) is 3.17. The number of carbonyl (C=O) groups is 1. The first-order valence-corrected chi connectivity index (χ1v) is 7.46. The molecule has 2 fully saturated rings. The van der Waals surface area contributed by atoms with E-state index in [9.17, 15) is 4.79 Å². The molecule has 2 aliphatic carbocycles. The summed E-state index contributed by atoms with van der Waals surface area (Å²) in [4.78, 5) is 12.6. The largest absolute Gasteiger partial charge is 0.497 e. The molecule has 0 radical (unpaired) electrons. The Kier molecular flexibility index (Phi) is 3.66. The number of carbonyl (C=O) groups excluding carboxylic acids is 1. The van der Waals surface area contributed by atoms with E-state index in [1.807, 2.05) is 0 Å². The van der Waals surface area contributed by atoms with Crippen LogP contribution in [0.2, 0.25) is 0 Å². The van der Waals surface area contributed by atoms with E-state index in [4.69, 9.17) is 15.2 Å². The summed E-state index contributed by atoms with van der Waals surface area (Å²) in [6, 6.07) is 3.66. The molecule has 3 N–H and O–H groups in total. The van der Waals surface area contributed by atoms with Crippen molar-refractivity contribution < 1.29 is 14.3 Å². The van der Waals surface area contributed by atoms with Crippen molar-refractivity contribution in [3.63, 3.8) is 0 Å². The highest BCUT2D eigenvalue weighted by Gasteiger charge is 2.42. The summed E-state index contributed by atoms with van der Waals surface area (Å²) in [5.41, 5.74) is 6.83. The average molecular weight is 290 g/mol. The number of benzene rings is 1. The third kappa shape index (κ3) is 2.91. The fourth-order valence-corrected chi connectivity index (χ4v) is 2.84. The van der Waals surface area contributed by atoms with Crippen molar-refractivity contribution in [1.82, 2.24) is 5.32 Å². The van der Waals surface area contributed by atoms with Crippen molar-refractivity contribution in [2.75, 3.05) is 20.0 Å². The van der Waals surface area contributed by atoms with E-state index >= 15 is 0 Å². The summed E-state index contributed by atoms with van der Waals surface area (Å²) in [7, 11) is 3.09. The Morgan fingerprint density at radius 3 is 2.29 bits per heavy atom. The van der Waals surface area contributed by atoms with Gasteiger partial charge in [0.1, 0.15) is 11.5 Å². The molecule has 0 spiro atoms. The number of amides is 1. The Labute approximate surface area is 124 Å². The quantitative estimate of drug-likeness (QED) is 0.788. The second kappa shape index (κ2) is 5.47. The highest BCUT2D eigenvalue weighted by atomic mass is 16.5. The molecule has 1 amide bonds. The standard InChI is InChI=1S/C16H22N2O3/c1-20-11-7-12(14(17)13(8-11)21-2)16(19)18-15(9-3-4-9)10-5-6-10/h7-10,15H,3-6,17H2,1-2H3,(H,18,19). The van der Waals surface area contributed by atoms with E-state index in [-0.39, 0.29) is 5.91 Å². The molecule has 2 aliphatic rings. The van der Waals surface area contributed by atoms with Gasteiger partial charge in [0.15, 0.2) is 0 Å². The van der Waals surface area contributed by atoms with Gasteiger partial charge in [-0.2, -0.15) is 0 Å². The lowest BCUT2D eigenvalue weighted by molar-refractivity contribution is 0.0926. The maximum absolute atomic E-state index is 12.6. The predicted molar refractivity (Wildman–Crippen MR) is 80.7 cm³/mol. The van der Waals surface area contributed by atoms with Gasteiger partial charge in [0.2, 0.25) is 0 Å². The molecule has 114 valence electrons. The smallest absolute Gasteiger partial charge is 0.253 e. The van der Waals surface area contributed by atoms with Crippen molar-refractivity contribution in [3.8, 4) is 11.5 Å². The van der Waals surface area contributed by atoms with E-state index < -0.39 is 0 Å². The SMILES string of the molecule is COc1cc(OC)c(N)c(C(=O)NC(C2CC2)C2CC2)c1. The van der Waals surface area contributed by atoms with E-state index in [2.05, 4.69) is 5.32 Å². The lowest BCUT2D eigenvalue weighted by Gasteiger charge is -2.19. The summed E-state index contributed by atoms with van der Waals surface area (Å²) < 4.78 is 10.4. The van der Waals surface area contributed by atoms with Gasteiger partial charge in [-0.3, -0.25) is 4.79 Å². The molecular weight excluding hydrogens is 268 g/mol. The van der Waals surface area contributed by atoms with Crippen LogP contribution in [-0.4, -0.2) is 26.2 Å². The molecule has 3 rings (SSSR count). The summed E-state index contributed by atoms with van der Waals surface area (Å²) >= 11 is 0. The molecule has 2 saturated carbocycles. The molecule has 0 aliphatic heterocycles. The maximum atomic E-state index is 12.6. The molecule has 5 nitrogen and oxygen atoms in total. The molecule has 1 aromatic rings. The van der Waals surface area contributed by atoms with Crippen LogP contribution in [0.25, 0.3) is 0 Å². The molecule has 0 bridgehead atoms. The molecular formula is C16H22N2O3. The first-order valence-electron chi connectivity index (χ1n) is 7.46. The molecule has 0 atom stereocenters. The second-order valence-electron chi connectivity index (χ2n) is 5.96. The zero-order valence-corrected chi connectivity index (χ0v) is 12.5. The maximum Gasteiger partial charge on any atom is 0.253 e. The van der Waals surface area contributed by atoms with Crippen LogP contribution in [0.4, 0.5) is 5.69 Å². The van der Waals surface area contributed by atoms with Gasteiger partial charge in [-0.05, 0) is 43.6 Å². The third-order valence-electron chi connectivity index (χ3n) is 4.37. The van der Waals surface area contributed by atoms with Gasteiger partial charge < -0.3 is 20.5 Å². The minimum absolute atomic E-state index is 0.131. The Morgan fingerprint density at radius 1 is 1.19 bits per heavy atom. The normalized spacial score (nSPS) is 17.7. The number of nitrogens with one attached hydrogen (secondary N) is 1. The lowest BCUT2D eigenvalue weighted by Crippen LogP contribution is -2.38. The molecule has 1 aromatic carbocycles. The Morgan fingerprint density at radius 2 is 1.81 bits per heavy atom. The first-order chi connectivity index (χ1) is 10.1. The Balaban J connectivity index is 1.82. The lowest BCUT2D eigenvalue weighted by atomic mass is 10.1. The topological polar surface area (TPSA) is 73.6 Å². The van der Waals surface area contributed by atoms with Crippen molar-refractivity contribution in [2.45, 2.75) is 31.7 Å². The molecule has 0 heterocycles. The minimum atomic E-state index is -0.131. The van der Waals surface area contributed by atoms with Gasteiger partial charge in [0, 0.05) is 12.1 Å². The van der Waals surface area contributed by atoms with Crippen LogP contribution in [0.5, 0.6) is 11.5 Å². The summed E-state index contributed by atoms with van der Waals surface area (Å²) in [5.74, 6) is 2.20. The number of nitrogens with two attached hydrogens (primary N) is 1. The van der Waals surface area contributed by atoms with Gasteiger partial charge in [-0.25, -0.2) is 0 Å². The van der Waals surface area contributed by atoms with E-state index in [0.717, 1.165) is 0 Å². The number of hydrogen-bond acceptors (Lipinski definition) is 4. The van der Waals surface area contributed by atoms with E-state index in [1.54, 1.807) is 19.2 Å². The second-order valence-corrected chi connectivity index (χ2v) is 5.96. The van der Waals surface area contributed by atoms with Crippen molar-refractivity contribution in [2.24, 2.45) is 11.8 Å². The van der Waals surface area contributed by atoms with Gasteiger partial charge in [-0.15, -0.1) is 0 Å². The van der Waals surface area contributed by atoms with Crippen LogP contribution < -0.4 is 20.5 Å². The number of hydrogen-bond donors (Lipinski definition) is 2. The van der Waals surface area contributed by atoms with Gasteiger partial charge >= 0.3 is 0 Å². The van der Waals surface area contributed by atoms with Crippen LogP contribution >= 0.6 is 0 Å². The summed E-state index contributed by atoms with van der Waals surface area (Å²) in [6.45, 7) is 0. The van der Waals surface area contributed by atoms with Crippen LogP contribution in [0, 0.1) is 11.8 Å². The molecule has 0 saturated heterocycles. The van der Waals surface area contributed by atoms with Crippen LogP contribution in [0.1, 0.15) is 36.0 Å². The first kappa shape index (κ1) is 14.0. The highest BCUT2D eigenvalue weighted by Crippen LogP contribution is 2.44. The van der Waals surface area contributed by atoms with E-state index in [0.29, 0.717) is 40.6 Å². The van der Waals surface area contributed by atoms with Gasteiger partial charge in [-0.1, -0.05) is 0 Å². The number of rotatable bonds is 6. The van der Waals surface area contributed by atoms with Gasteiger partial charge in [0.25, 0.3) is 5.91 Å². The number of methoxy groups -OCH3 is 2. The monoisotopic (exact) mass is 290 g/mol. The molecule has 21 heavy (non-hydrogen) atoms. The molecule has 0 aromatic heterocycles. The minimum Gasteiger partial charge on any atom is -0.497 e. The van der Waals surface area contributed by atoms with Crippen molar-refractivity contribution >= 4 is 11.6 Å². The average Bonchev–Trinajstić information content (AvgIpc) is 3.38. The van der Waals surface area contributed by atoms with Gasteiger partial charge in [0.05, 0.1) is 25.5 Å². The zero-order valence-electron chi connectivity index (χ0n) is 12.5. The fourth-order valence-electron chi connectivity index (χ4n) is 2.84. The molecule has 5 heteroatoms. The third-order valence-corrected chi connectivity index (χ3v) is 4.37. The Bertz CT molecular complexity index is 539. The zero-order chi connectivity index (χ0) is 15.0. The number of nitrogen functional groups attached to an aromatic ring is 1. The number of anilines is 1.